The van der Waals surface area contributed by atoms with Gasteiger partial charge in [0.25, 0.3) is 0 Å². The maximum Gasteiger partial charge on any atom is 0.647 e. The van der Waals surface area contributed by atoms with Crippen molar-refractivity contribution in [3.05, 3.63) is 343 Å². The Morgan fingerprint density at radius 3 is 0.613 bits per heavy atom. The van der Waals surface area contributed by atoms with Crippen LogP contribution in [0.3, 0.4) is 0 Å². The van der Waals surface area contributed by atoms with E-state index in [-0.39, 0.29) is 0 Å². The summed E-state index contributed by atoms with van der Waals surface area (Å²) in [6.07, 6.45) is 1.93. The molecule has 0 amide bonds. The lowest BCUT2D eigenvalue weighted by Gasteiger charge is -2.27. The van der Waals surface area contributed by atoms with E-state index in [1.807, 2.05) is 109 Å². The second-order valence-electron chi connectivity index (χ2n) is 19.8. The van der Waals surface area contributed by atoms with Gasteiger partial charge in [-0.1, -0.05) is 291 Å². The Bertz CT molecular complexity index is 3610. The third-order valence-electron chi connectivity index (χ3n) is 14.5. The van der Waals surface area contributed by atoms with Crippen molar-refractivity contribution in [2.75, 3.05) is 0 Å². The molecule has 0 saturated carbocycles. The minimum absolute atomic E-state index is 0.339. The molecule has 4 nitrogen and oxygen atoms in total. The van der Waals surface area contributed by atoms with E-state index in [2.05, 4.69) is 200 Å². The number of hydrogen-bond acceptors (Lipinski definition) is 4. The molecule has 0 spiro atoms. The van der Waals surface area contributed by atoms with Gasteiger partial charge in [0, 0.05) is 16.7 Å². The average Bonchev–Trinajstić information content (AvgIpc) is 3.60. The van der Waals surface area contributed by atoms with Gasteiger partial charge < -0.3 is 13.6 Å². The molecule has 0 aliphatic heterocycles. The summed E-state index contributed by atoms with van der Waals surface area (Å²) in [5.74, 6) is 1.02. The van der Waals surface area contributed by atoms with Crippen LogP contribution in [0.15, 0.2) is 309 Å². The van der Waals surface area contributed by atoms with Crippen molar-refractivity contribution in [2.24, 2.45) is 0 Å². The second kappa shape index (κ2) is 23.9. The molecule has 0 bridgehead atoms. The Morgan fingerprint density at radius 2 is 0.400 bits per heavy atom. The smallest absolute Gasteiger partial charge is 0.385 e. The fraction of sp³-hybridized carbons (Fsp3) is 0.0400. The lowest BCUT2D eigenvalue weighted by atomic mass is 9.87. The van der Waals surface area contributed by atoms with E-state index in [9.17, 15) is 0 Å². The van der Waals surface area contributed by atoms with E-state index in [1.54, 1.807) is 0 Å². The van der Waals surface area contributed by atoms with Crippen molar-refractivity contribution < 1.29 is 18.1 Å². The summed E-state index contributed by atoms with van der Waals surface area (Å²) >= 11 is 0. The summed E-state index contributed by atoms with van der Waals surface area (Å²) in [4.78, 5) is 0. The molecule has 12 aromatic rings. The van der Waals surface area contributed by atoms with Gasteiger partial charge >= 0.3 is 7.82 Å². The van der Waals surface area contributed by atoms with Crippen molar-refractivity contribution in [3.8, 4) is 84.0 Å². The third-order valence-corrected chi connectivity index (χ3v) is 15.7. The first-order chi connectivity index (χ1) is 39.5. The zero-order chi connectivity index (χ0) is 53.9. The number of benzene rings is 12. The van der Waals surface area contributed by atoms with E-state index < -0.39 is 7.82 Å². The lowest BCUT2D eigenvalue weighted by Crippen LogP contribution is -2.11. The Hall–Kier alpha value is -9.73. The van der Waals surface area contributed by atoms with Crippen molar-refractivity contribution in [3.63, 3.8) is 0 Å². The first-order valence-electron chi connectivity index (χ1n) is 27.1. The van der Waals surface area contributed by atoms with Crippen molar-refractivity contribution >= 4 is 7.82 Å². The van der Waals surface area contributed by atoms with Gasteiger partial charge in [-0.05, 0) is 121 Å². The first-order valence-corrected chi connectivity index (χ1v) is 28.6. The maximum absolute atomic E-state index is 17.3. The highest BCUT2D eigenvalue weighted by atomic mass is 31.2. The SMILES string of the molecule is O=P(Oc1ccc(Cc2ccccc2)c(-c2ccccc2)c1-c1ccccc1)(Oc1ccc(Cc2ccccc2)c(-c2ccccc2)c1-c1ccccc1)Oc1ccc(Cc2ccccc2)c(-c2ccccc2)c1-c1ccccc1. The molecule has 0 fully saturated rings. The topological polar surface area (TPSA) is 44.8 Å². The van der Waals surface area contributed by atoms with Gasteiger partial charge in [0.15, 0.2) is 0 Å². The van der Waals surface area contributed by atoms with Crippen LogP contribution in [0.1, 0.15) is 33.4 Å². The molecule has 0 heterocycles. The zero-order valence-corrected chi connectivity index (χ0v) is 45.0. The highest BCUT2D eigenvalue weighted by Gasteiger charge is 2.38. The molecule has 12 rings (SSSR count). The Morgan fingerprint density at radius 1 is 0.212 bits per heavy atom. The van der Waals surface area contributed by atoms with Crippen LogP contribution in [0, 0.1) is 0 Å². The van der Waals surface area contributed by atoms with Gasteiger partial charge in [0.05, 0.1) is 0 Å². The molecule has 0 unspecified atom stereocenters. The zero-order valence-electron chi connectivity index (χ0n) is 44.1. The summed E-state index contributed by atoms with van der Waals surface area (Å²) in [5, 5.41) is 0. The molecule has 386 valence electrons. The molecule has 0 aliphatic carbocycles. The van der Waals surface area contributed by atoms with Crippen LogP contribution in [0.4, 0.5) is 0 Å². The van der Waals surface area contributed by atoms with Crippen LogP contribution < -0.4 is 13.6 Å². The minimum atomic E-state index is -4.91. The summed E-state index contributed by atoms with van der Waals surface area (Å²) < 4.78 is 39.2. The van der Waals surface area contributed by atoms with Crippen LogP contribution in [0.25, 0.3) is 66.8 Å². The lowest BCUT2D eigenvalue weighted by molar-refractivity contribution is 0.299. The van der Waals surface area contributed by atoms with Crippen LogP contribution in [0.5, 0.6) is 17.2 Å². The quantitative estimate of drug-likeness (QED) is 0.0804. The molecule has 0 aromatic heterocycles. The van der Waals surface area contributed by atoms with Crippen LogP contribution >= 0.6 is 7.82 Å². The van der Waals surface area contributed by atoms with Gasteiger partial charge in [-0.3, -0.25) is 0 Å². The monoisotopic (exact) mass is 1050 g/mol. The normalized spacial score (nSPS) is 11.2. The predicted octanol–water partition coefficient (Wildman–Crippen LogP) is 20.1. The molecular weight excluding hydrogens is 996 g/mol. The molecule has 80 heavy (non-hydrogen) atoms. The summed E-state index contributed by atoms with van der Waals surface area (Å²) in [6, 6.07) is 105. The molecule has 0 saturated heterocycles. The molecule has 0 radical (unpaired) electrons. The van der Waals surface area contributed by atoms with Gasteiger partial charge in [-0.15, -0.1) is 0 Å². The van der Waals surface area contributed by atoms with Gasteiger partial charge in [-0.25, -0.2) is 0 Å². The van der Waals surface area contributed by atoms with E-state index in [0.29, 0.717) is 36.5 Å². The Balaban J connectivity index is 1.12. The van der Waals surface area contributed by atoms with Crippen LogP contribution in [-0.4, -0.2) is 0 Å². The molecule has 12 aromatic carbocycles. The van der Waals surface area contributed by atoms with Gasteiger partial charge in [0.1, 0.15) is 17.2 Å². The highest BCUT2D eigenvalue weighted by molar-refractivity contribution is 7.49. The van der Waals surface area contributed by atoms with E-state index in [1.165, 1.54) is 0 Å². The van der Waals surface area contributed by atoms with E-state index in [4.69, 9.17) is 13.6 Å². The van der Waals surface area contributed by atoms with Crippen LogP contribution in [0.2, 0.25) is 0 Å². The fourth-order valence-electron chi connectivity index (χ4n) is 10.9. The van der Waals surface area contributed by atoms with Crippen molar-refractivity contribution in [1.82, 2.24) is 0 Å². The second-order valence-corrected chi connectivity index (χ2v) is 21.3. The van der Waals surface area contributed by atoms with E-state index in [0.717, 1.165) is 100 Å². The predicted molar refractivity (Wildman–Crippen MR) is 329 cm³/mol. The summed E-state index contributed by atoms with van der Waals surface area (Å²) in [7, 11) is -4.91. The summed E-state index contributed by atoms with van der Waals surface area (Å²) in [6.45, 7) is 0. The molecular formula is C75H57O4P. The van der Waals surface area contributed by atoms with Crippen molar-refractivity contribution in [2.45, 2.75) is 19.3 Å². The third kappa shape index (κ3) is 11.4. The van der Waals surface area contributed by atoms with E-state index >= 15 is 4.57 Å². The van der Waals surface area contributed by atoms with Crippen molar-refractivity contribution in [1.29, 1.82) is 0 Å². The maximum atomic E-state index is 17.3. The average molecular weight is 1050 g/mol. The Kier molecular flexibility index (Phi) is 15.2. The largest absolute Gasteiger partial charge is 0.647 e. The number of rotatable bonds is 18. The number of phosphoric ester groups is 1. The molecule has 0 atom stereocenters. The summed E-state index contributed by atoms with van der Waals surface area (Å²) in [5.41, 5.74) is 17.4. The van der Waals surface area contributed by atoms with Gasteiger partial charge in [-0.2, -0.15) is 4.57 Å². The molecule has 0 N–H and O–H groups in total. The molecule has 0 aliphatic rings. The first kappa shape index (κ1) is 51.1. The Labute approximate surface area is 469 Å². The highest BCUT2D eigenvalue weighted by Crippen LogP contribution is 2.58. The number of hydrogen-bond donors (Lipinski definition) is 0. The molecule has 5 heteroatoms. The standard InChI is InChI=1S/C75H57O4P/c76-80(77-67-49-46-64(52-55-28-10-1-11-29-55)70(58-34-16-4-17-35-58)73(67)61-40-22-7-23-41-61,78-68-50-47-65(53-56-30-12-2-13-31-56)71(59-36-18-5-19-37-59)74(68)62-42-24-8-25-43-62)79-69-51-48-66(54-57-32-14-3-15-33-57)72(60-38-20-6-21-39-60)75(69)63-44-26-9-27-45-63/h1-51H,52-54H2. The van der Waals surface area contributed by atoms with Crippen LogP contribution in [-0.2, 0) is 23.8 Å². The fourth-order valence-corrected chi connectivity index (χ4v) is 12.2. The van der Waals surface area contributed by atoms with Gasteiger partial charge in [0.2, 0.25) is 0 Å². The minimum Gasteiger partial charge on any atom is -0.385 e. The number of phosphoric acid groups is 1.